The number of nitrogens with one attached hydrogen (secondary N) is 1. The summed E-state index contributed by atoms with van der Waals surface area (Å²) < 4.78 is 10.1. The molecular weight excluding hydrogens is 228 g/mol. The lowest BCUT2D eigenvalue weighted by atomic mass is 10.3. The highest BCUT2D eigenvalue weighted by atomic mass is 32.1. The average Bonchev–Trinajstić information content (AvgIpc) is 2.66. The number of carbonyl (C=O) groups excluding carboxylic acids is 1. The van der Waals surface area contributed by atoms with E-state index in [2.05, 4.69) is 10.3 Å². The Bertz CT molecular complexity index is 350. The molecule has 0 bridgehead atoms. The third-order valence-electron chi connectivity index (χ3n) is 2.08. The SMILES string of the molecule is COC(OC)C(C)NC(=O)c1cnc(C)s1. The lowest BCUT2D eigenvalue weighted by Gasteiger charge is -2.21. The van der Waals surface area contributed by atoms with Crippen LogP contribution in [0, 0.1) is 6.92 Å². The Morgan fingerprint density at radius 2 is 2.12 bits per heavy atom. The predicted octanol–water partition coefficient (Wildman–Crippen LogP) is 1.19. The second-order valence-corrected chi connectivity index (χ2v) is 4.58. The van der Waals surface area contributed by atoms with E-state index in [1.54, 1.807) is 6.20 Å². The van der Waals surface area contributed by atoms with Gasteiger partial charge >= 0.3 is 0 Å². The zero-order chi connectivity index (χ0) is 12.1. The number of aromatic nitrogens is 1. The monoisotopic (exact) mass is 244 g/mol. The number of nitrogens with zero attached hydrogens (tertiary/aromatic N) is 1. The van der Waals surface area contributed by atoms with E-state index < -0.39 is 6.29 Å². The van der Waals surface area contributed by atoms with E-state index in [0.29, 0.717) is 4.88 Å². The van der Waals surface area contributed by atoms with Crippen LogP contribution >= 0.6 is 11.3 Å². The molecule has 90 valence electrons. The molecule has 0 saturated carbocycles. The molecule has 16 heavy (non-hydrogen) atoms. The highest BCUT2D eigenvalue weighted by Gasteiger charge is 2.19. The van der Waals surface area contributed by atoms with Crippen LogP contribution in [0.2, 0.25) is 0 Å². The number of ether oxygens (including phenoxy) is 2. The number of aryl methyl sites for hydroxylation is 1. The van der Waals surface area contributed by atoms with Gasteiger partial charge in [-0.3, -0.25) is 4.79 Å². The normalized spacial score (nSPS) is 12.8. The third-order valence-corrected chi connectivity index (χ3v) is 2.99. The van der Waals surface area contributed by atoms with Gasteiger partial charge in [-0.1, -0.05) is 0 Å². The lowest BCUT2D eigenvalue weighted by molar-refractivity contribution is -0.117. The number of amides is 1. The van der Waals surface area contributed by atoms with Gasteiger partial charge in [0.2, 0.25) is 0 Å². The van der Waals surface area contributed by atoms with Gasteiger partial charge in [-0.2, -0.15) is 0 Å². The van der Waals surface area contributed by atoms with E-state index in [9.17, 15) is 4.79 Å². The smallest absolute Gasteiger partial charge is 0.263 e. The maximum atomic E-state index is 11.8. The molecule has 1 amide bonds. The molecule has 6 heteroatoms. The molecule has 0 aliphatic carbocycles. The molecule has 0 fully saturated rings. The van der Waals surface area contributed by atoms with Gasteiger partial charge in [0.15, 0.2) is 6.29 Å². The van der Waals surface area contributed by atoms with Crippen molar-refractivity contribution >= 4 is 17.2 Å². The van der Waals surface area contributed by atoms with Crippen molar-refractivity contribution in [2.45, 2.75) is 26.2 Å². The second-order valence-electron chi connectivity index (χ2n) is 3.35. The van der Waals surface area contributed by atoms with E-state index >= 15 is 0 Å². The molecule has 1 aromatic heterocycles. The summed E-state index contributed by atoms with van der Waals surface area (Å²) in [5.41, 5.74) is 0. The Morgan fingerprint density at radius 1 is 1.50 bits per heavy atom. The number of hydrogen-bond acceptors (Lipinski definition) is 5. The summed E-state index contributed by atoms with van der Waals surface area (Å²) in [4.78, 5) is 16.4. The molecular formula is C10H16N2O3S. The molecule has 1 aromatic rings. The van der Waals surface area contributed by atoms with Crippen LogP contribution in [0.5, 0.6) is 0 Å². The average molecular weight is 244 g/mol. The molecule has 0 saturated heterocycles. The van der Waals surface area contributed by atoms with Gasteiger partial charge in [0.1, 0.15) is 4.88 Å². The van der Waals surface area contributed by atoms with Crippen LogP contribution in [0.25, 0.3) is 0 Å². The molecule has 5 nitrogen and oxygen atoms in total. The number of carbonyl (C=O) groups is 1. The lowest BCUT2D eigenvalue weighted by Crippen LogP contribution is -2.42. The van der Waals surface area contributed by atoms with E-state index in [-0.39, 0.29) is 11.9 Å². The molecule has 0 aliphatic rings. The van der Waals surface area contributed by atoms with Crippen molar-refractivity contribution in [3.05, 3.63) is 16.1 Å². The number of hydrogen-bond donors (Lipinski definition) is 1. The zero-order valence-electron chi connectivity index (χ0n) is 9.81. The molecule has 1 atom stereocenters. The van der Waals surface area contributed by atoms with Crippen LogP contribution in [0.4, 0.5) is 0 Å². The first-order valence-electron chi connectivity index (χ1n) is 4.87. The van der Waals surface area contributed by atoms with Crippen LogP contribution in [0.1, 0.15) is 21.6 Å². The van der Waals surface area contributed by atoms with Crippen LogP contribution in [-0.4, -0.2) is 37.4 Å². The summed E-state index contributed by atoms with van der Waals surface area (Å²) in [6.07, 6.45) is 1.12. The van der Waals surface area contributed by atoms with Crippen molar-refractivity contribution in [1.82, 2.24) is 10.3 Å². The van der Waals surface area contributed by atoms with E-state index in [0.717, 1.165) is 5.01 Å². The van der Waals surface area contributed by atoms with Crippen molar-refractivity contribution in [1.29, 1.82) is 0 Å². The minimum atomic E-state index is -0.446. The predicted molar refractivity (Wildman–Crippen MR) is 61.6 cm³/mol. The first-order chi connectivity index (χ1) is 7.58. The van der Waals surface area contributed by atoms with Crippen molar-refractivity contribution in [3.8, 4) is 0 Å². The Balaban J connectivity index is 2.57. The molecule has 0 aliphatic heterocycles. The second kappa shape index (κ2) is 5.93. The number of methoxy groups -OCH3 is 2. The van der Waals surface area contributed by atoms with Gasteiger partial charge in [-0.15, -0.1) is 11.3 Å². The van der Waals surface area contributed by atoms with Crippen molar-refractivity contribution in [3.63, 3.8) is 0 Å². The van der Waals surface area contributed by atoms with Gasteiger partial charge in [-0.25, -0.2) is 4.98 Å². The summed E-state index contributed by atoms with van der Waals surface area (Å²) in [5, 5.41) is 3.66. The van der Waals surface area contributed by atoms with Gasteiger partial charge in [0, 0.05) is 14.2 Å². The zero-order valence-corrected chi connectivity index (χ0v) is 10.6. The van der Waals surface area contributed by atoms with Gasteiger partial charge < -0.3 is 14.8 Å². The minimum Gasteiger partial charge on any atom is -0.354 e. The van der Waals surface area contributed by atoms with E-state index in [4.69, 9.17) is 9.47 Å². The quantitative estimate of drug-likeness (QED) is 0.790. The highest BCUT2D eigenvalue weighted by Crippen LogP contribution is 2.11. The maximum Gasteiger partial charge on any atom is 0.263 e. The molecule has 1 heterocycles. The van der Waals surface area contributed by atoms with Crippen molar-refractivity contribution in [2.75, 3.05) is 14.2 Å². The largest absolute Gasteiger partial charge is 0.354 e. The summed E-state index contributed by atoms with van der Waals surface area (Å²) in [6, 6.07) is -0.218. The Morgan fingerprint density at radius 3 is 2.56 bits per heavy atom. The minimum absolute atomic E-state index is 0.155. The maximum absolute atomic E-state index is 11.8. The van der Waals surface area contributed by atoms with E-state index in [1.165, 1.54) is 25.6 Å². The fourth-order valence-electron chi connectivity index (χ4n) is 1.32. The summed E-state index contributed by atoms with van der Waals surface area (Å²) in [6.45, 7) is 3.68. The van der Waals surface area contributed by atoms with Gasteiger partial charge in [0.25, 0.3) is 5.91 Å². The first-order valence-corrected chi connectivity index (χ1v) is 5.69. The van der Waals surface area contributed by atoms with Crippen LogP contribution < -0.4 is 5.32 Å². The van der Waals surface area contributed by atoms with Crippen LogP contribution in [-0.2, 0) is 9.47 Å². The highest BCUT2D eigenvalue weighted by molar-refractivity contribution is 7.13. The number of rotatable bonds is 5. The van der Waals surface area contributed by atoms with Crippen LogP contribution in [0.15, 0.2) is 6.20 Å². The summed E-state index contributed by atoms with van der Waals surface area (Å²) in [5.74, 6) is -0.155. The molecule has 1 N–H and O–H groups in total. The molecule has 1 unspecified atom stereocenters. The number of thiazole rings is 1. The van der Waals surface area contributed by atoms with Gasteiger partial charge in [0.05, 0.1) is 17.2 Å². The van der Waals surface area contributed by atoms with Crippen molar-refractivity contribution < 1.29 is 14.3 Å². The summed E-state index contributed by atoms with van der Waals surface area (Å²) >= 11 is 1.36. The van der Waals surface area contributed by atoms with Crippen molar-refractivity contribution in [2.24, 2.45) is 0 Å². The van der Waals surface area contributed by atoms with Crippen LogP contribution in [0.3, 0.4) is 0 Å². The van der Waals surface area contributed by atoms with Gasteiger partial charge in [-0.05, 0) is 13.8 Å². The standard InChI is InChI=1S/C10H16N2O3S/c1-6(10(14-3)15-4)12-9(13)8-5-11-7(2)16-8/h5-6,10H,1-4H3,(H,12,13). The Labute approximate surface area is 98.8 Å². The topological polar surface area (TPSA) is 60.5 Å². The Hall–Kier alpha value is -0.980. The fourth-order valence-corrected chi connectivity index (χ4v) is 2.00. The third kappa shape index (κ3) is 3.26. The molecule has 0 radical (unpaired) electrons. The molecule has 1 rings (SSSR count). The Kier molecular flexibility index (Phi) is 4.85. The first kappa shape index (κ1) is 13.1. The molecule has 0 spiro atoms. The summed E-state index contributed by atoms with van der Waals surface area (Å²) in [7, 11) is 3.07. The molecule has 0 aromatic carbocycles. The van der Waals surface area contributed by atoms with E-state index in [1.807, 2.05) is 13.8 Å². The fraction of sp³-hybridized carbons (Fsp3) is 0.600.